The van der Waals surface area contributed by atoms with Gasteiger partial charge in [0, 0.05) is 7.34 Å². The fourth-order valence-corrected chi connectivity index (χ4v) is 1.31. The summed E-state index contributed by atoms with van der Waals surface area (Å²) in [6, 6.07) is 2.59. The number of fused-ring (bicyclic) bond motifs is 1. The maximum absolute atomic E-state index is 13.2. The lowest BCUT2D eigenvalue weighted by Crippen LogP contribution is -1.89. The van der Waals surface area contributed by atoms with Crippen LogP contribution in [0.25, 0.3) is 11.0 Å². The zero-order valence-electron chi connectivity index (χ0n) is 9.94. The van der Waals surface area contributed by atoms with Crippen molar-refractivity contribution in [2.45, 2.75) is 33.6 Å². The SMILES string of the molecule is CC.CC(C)c1nc2c(F)c(F)ccc2[nH]1.[HH]. The molecule has 2 nitrogen and oxygen atoms in total. The van der Waals surface area contributed by atoms with Crippen molar-refractivity contribution >= 4 is 11.0 Å². The van der Waals surface area contributed by atoms with Crippen molar-refractivity contribution in [2.75, 3.05) is 0 Å². The summed E-state index contributed by atoms with van der Waals surface area (Å²) in [5.41, 5.74) is 0.612. The normalized spacial score (nSPS) is 10.4. The molecule has 1 aromatic heterocycles. The number of benzene rings is 1. The van der Waals surface area contributed by atoms with E-state index in [0.717, 1.165) is 6.07 Å². The molecule has 0 amide bonds. The minimum absolute atomic E-state index is 0. The summed E-state index contributed by atoms with van der Waals surface area (Å²) in [5, 5.41) is 0. The molecule has 0 aliphatic heterocycles. The van der Waals surface area contributed by atoms with Gasteiger partial charge in [-0.2, -0.15) is 0 Å². The molecule has 0 aliphatic carbocycles. The number of aromatic amines is 1. The molecule has 16 heavy (non-hydrogen) atoms. The summed E-state index contributed by atoms with van der Waals surface area (Å²) in [5.74, 6) is -0.903. The van der Waals surface area contributed by atoms with E-state index in [4.69, 9.17) is 0 Å². The standard InChI is InChI=1S/C10H10F2N2.C2H6.H2/c1-5(2)10-13-7-4-3-6(11)8(12)9(7)14-10;1-2;/h3-5H,1-2H3,(H,13,14);1-2H3;1H. The Hall–Kier alpha value is -1.45. The Kier molecular flexibility index (Phi) is 3.99. The third-order valence-corrected chi connectivity index (χ3v) is 2.11. The Labute approximate surface area is 95.2 Å². The molecule has 0 saturated heterocycles. The van der Waals surface area contributed by atoms with E-state index in [1.54, 1.807) is 0 Å². The van der Waals surface area contributed by atoms with Crippen LogP contribution in [0.5, 0.6) is 0 Å². The van der Waals surface area contributed by atoms with Crippen LogP contribution in [0.3, 0.4) is 0 Å². The molecule has 1 N–H and O–H groups in total. The van der Waals surface area contributed by atoms with Gasteiger partial charge in [-0.15, -0.1) is 0 Å². The topological polar surface area (TPSA) is 28.7 Å². The van der Waals surface area contributed by atoms with Crippen LogP contribution in [0.4, 0.5) is 8.78 Å². The Morgan fingerprint density at radius 3 is 2.44 bits per heavy atom. The summed E-state index contributed by atoms with van der Waals surface area (Å²) in [6.45, 7) is 7.87. The van der Waals surface area contributed by atoms with Crippen LogP contribution in [0.1, 0.15) is 40.9 Å². The second-order valence-electron chi connectivity index (χ2n) is 3.53. The van der Waals surface area contributed by atoms with Crippen molar-refractivity contribution in [1.29, 1.82) is 0 Å². The Morgan fingerprint density at radius 2 is 1.88 bits per heavy atom. The van der Waals surface area contributed by atoms with Crippen LogP contribution in [0, 0.1) is 11.6 Å². The minimum atomic E-state index is -0.884. The molecule has 0 radical (unpaired) electrons. The van der Waals surface area contributed by atoms with Crippen molar-refractivity contribution in [2.24, 2.45) is 0 Å². The van der Waals surface area contributed by atoms with Gasteiger partial charge < -0.3 is 4.98 Å². The minimum Gasteiger partial charge on any atom is -0.342 e. The molecule has 0 fully saturated rings. The highest BCUT2D eigenvalue weighted by molar-refractivity contribution is 5.75. The zero-order chi connectivity index (χ0) is 12.3. The van der Waals surface area contributed by atoms with E-state index in [0.29, 0.717) is 11.3 Å². The molecule has 0 saturated carbocycles. The van der Waals surface area contributed by atoms with Gasteiger partial charge in [-0.1, -0.05) is 27.7 Å². The lowest BCUT2D eigenvalue weighted by atomic mass is 10.2. The number of hydrogen-bond acceptors (Lipinski definition) is 1. The van der Waals surface area contributed by atoms with Crippen LogP contribution in [-0.2, 0) is 0 Å². The summed E-state index contributed by atoms with van der Waals surface area (Å²) >= 11 is 0. The molecular formula is C12H18F2N2. The predicted molar refractivity (Wildman–Crippen MR) is 63.6 cm³/mol. The van der Waals surface area contributed by atoms with E-state index in [9.17, 15) is 8.78 Å². The van der Waals surface area contributed by atoms with Crippen molar-refractivity contribution in [3.8, 4) is 0 Å². The zero-order valence-corrected chi connectivity index (χ0v) is 9.94. The smallest absolute Gasteiger partial charge is 0.186 e. The van der Waals surface area contributed by atoms with Gasteiger partial charge in [0.1, 0.15) is 11.3 Å². The number of H-pyrrole nitrogens is 1. The highest BCUT2D eigenvalue weighted by atomic mass is 19.2. The molecule has 1 heterocycles. The van der Waals surface area contributed by atoms with Crippen molar-refractivity contribution in [3.05, 3.63) is 29.6 Å². The van der Waals surface area contributed by atoms with Gasteiger partial charge in [0.15, 0.2) is 11.6 Å². The first-order chi connectivity index (χ1) is 7.59. The van der Waals surface area contributed by atoms with Gasteiger partial charge in [-0.25, -0.2) is 13.8 Å². The third kappa shape index (κ3) is 2.21. The van der Waals surface area contributed by atoms with Crippen LogP contribution in [0.2, 0.25) is 0 Å². The molecule has 2 rings (SSSR count). The van der Waals surface area contributed by atoms with Crippen molar-refractivity contribution < 1.29 is 10.2 Å². The molecule has 0 atom stereocenters. The first kappa shape index (κ1) is 12.6. The van der Waals surface area contributed by atoms with E-state index in [2.05, 4.69) is 9.97 Å². The number of imidazole rings is 1. The molecule has 90 valence electrons. The van der Waals surface area contributed by atoms with Gasteiger partial charge in [0.2, 0.25) is 0 Å². The number of aromatic nitrogens is 2. The Balaban J connectivity index is 0.000000811. The van der Waals surface area contributed by atoms with E-state index >= 15 is 0 Å². The quantitative estimate of drug-likeness (QED) is 0.777. The molecular weight excluding hydrogens is 210 g/mol. The van der Waals surface area contributed by atoms with E-state index in [1.165, 1.54) is 6.07 Å². The molecule has 2 aromatic rings. The van der Waals surface area contributed by atoms with Crippen molar-refractivity contribution in [1.82, 2.24) is 9.97 Å². The number of nitrogens with one attached hydrogen (secondary N) is 1. The van der Waals surface area contributed by atoms with Gasteiger partial charge in [-0.3, -0.25) is 0 Å². The number of rotatable bonds is 1. The Bertz CT molecular complexity index is 481. The number of halogens is 2. The summed E-state index contributed by atoms with van der Waals surface area (Å²) in [4.78, 5) is 6.95. The second-order valence-corrected chi connectivity index (χ2v) is 3.53. The summed E-state index contributed by atoms with van der Waals surface area (Å²) in [6.07, 6.45) is 0. The number of nitrogens with zero attached hydrogens (tertiary/aromatic N) is 1. The maximum atomic E-state index is 13.2. The van der Waals surface area contributed by atoms with Crippen LogP contribution in [-0.4, -0.2) is 9.97 Å². The highest BCUT2D eigenvalue weighted by Gasteiger charge is 2.12. The molecule has 0 bridgehead atoms. The van der Waals surface area contributed by atoms with Crippen LogP contribution < -0.4 is 0 Å². The number of hydrogen-bond donors (Lipinski definition) is 1. The van der Waals surface area contributed by atoms with Crippen molar-refractivity contribution in [3.63, 3.8) is 0 Å². The Morgan fingerprint density at radius 1 is 1.25 bits per heavy atom. The average molecular weight is 228 g/mol. The van der Waals surface area contributed by atoms with Gasteiger partial charge in [0.25, 0.3) is 0 Å². The summed E-state index contributed by atoms with van der Waals surface area (Å²) in [7, 11) is 0. The van der Waals surface area contributed by atoms with Gasteiger partial charge in [-0.05, 0) is 12.1 Å². The molecule has 4 heteroatoms. The van der Waals surface area contributed by atoms with E-state index < -0.39 is 11.6 Å². The average Bonchev–Trinajstić information content (AvgIpc) is 2.71. The fraction of sp³-hybridized carbons (Fsp3) is 0.417. The van der Waals surface area contributed by atoms with Crippen LogP contribution in [0.15, 0.2) is 12.1 Å². The van der Waals surface area contributed by atoms with Gasteiger partial charge >= 0.3 is 0 Å². The first-order valence-corrected chi connectivity index (χ1v) is 5.43. The fourth-order valence-electron chi connectivity index (χ4n) is 1.31. The largest absolute Gasteiger partial charge is 0.342 e. The predicted octanol–water partition coefficient (Wildman–Crippen LogP) is 4.24. The van der Waals surface area contributed by atoms with E-state index in [1.807, 2.05) is 27.7 Å². The maximum Gasteiger partial charge on any atom is 0.186 e. The second kappa shape index (κ2) is 5.05. The van der Waals surface area contributed by atoms with Gasteiger partial charge in [0.05, 0.1) is 5.52 Å². The van der Waals surface area contributed by atoms with Crippen LogP contribution >= 0.6 is 0 Å². The first-order valence-electron chi connectivity index (χ1n) is 5.43. The van der Waals surface area contributed by atoms with E-state index in [-0.39, 0.29) is 12.9 Å². The lowest BCUT2D eigenvalue weighted by molar-refractivity contribution is 0.515. The monoisotopic (exact) mass is 228 g/mol. The highest BCUT2D eigenvalue weighted by Crippen LogP contribution is 2.21. The molecule has 0 unspecified atom stereocenters. The lowest BCUT2D eigenvalue weighted by Gasteiger charge is -1.95. The molecule has 1 aromatic carbocycles. The molecule has 0 spiro atoms. The molecule has 0 aliphatic rings. The summed E-state index contributed by atoms with van der Waals surface area (Å²) < 4.78 is 26.0. The third-order valence-electron chi connectivity index (χ3n) is 2.11.